The van der Waals surface area contributed by atoms with Crippen LogP contribution in [0.1, 0.15) is 30.1 Å². The Labute approximate surface area is 154 Å². The molecule has 1 aromatic carbocycles. The van der Waals surface area contributed by atoms with E-state index in [0.717, 1.165) is 19.4 Å². The number of nitrogens with one attached hydrogen (secondary N) is 1. The lowest BCUT2D eigenvalue weighted by Gasteiger charge is -2.41. The van der Waals surface area contributed by atoms with Crippen molar-refractivity contribution in [2.45, 2.75) is 25.8 Å². The third kappa shape index (κ3) is 3.93. The number of carbonyl (C=O) groups excluding carboxylic acids is 2. The molecule has 7 nitrogen and oxygen atoms in total. The number of hydrogen-bond donors (Lipinski definition) is 1. The number of hydrogen-bond acceptors (Lipinski definition) is 5. The number of rotatable bonds is 5. The van der Waals surface area contributed by atoms with E-state index in [9.17, 15) is 9.59 Å². The second-order valence-corrected chi connectivity index (χ2v) is 6.61. The van der Waals surface area contributed by atoms with Gasteiger partial charge in [-0.15, -0.1) is 0 Å². The molecule has 7 heteroatoms. The second-order valence-electron chi connectivity index (χ2n) is 6.61. The van der Waals surface area contributed by atoms with Gasteiger partial charge in [-0.1, -0.05) is 0 Å². The third-order valence-corrected chi connectivity index (χ3v) is 4.96. The highest BCUT2D eigenvalue weighted by atomic mass is 16.5. The molecule has 0 radical (unpaired) electrons. The molecule has 0 saturated carbocycles. The number of piperazine rings is 1. The number of piperidine rings is 1. The fourth-order valence-electron chi connectivity index (χ4n) is 3.66. The summed E-state index contributed by atoms with van der Waals surface area (Å²) in [6, 6.07) is 5.38. The largest absolute Gasteiger partial charge is 0.493 e. The lowest BCUT2D eigenvalue weighted by molar-refractivity contribution is -0.135. The van der Waals surface area contributed by atoms with Crippen molar-refractivity contribution in [3.05, 3.63) is 23.8 Å². The summed E-state index contributed by atoms with van der Waals surface area (Å²) < 4.78 is 10.9. The van der Waals surface area contributed by atoms with E-state index in [1.165, 1.54) is 0 Å². The van der Waals surface area contributed by atoms with E-state index in [1.54, 1.807) is 25.3 Å². The molecule has 0 aliphatic carbocycles. The van der Waals surface area contributed by atoms with E-state index < -0.39 is 0 Å². The Kier molecular flexibility index (Phi) is 5.98. The first-order valence-electron chi connectivity index (χ1n) is 9.24. The maximum atomic E-state index is 13.0. The minimum absolute atomic E-state index is 0.0290. The molecule has 1 atom stereocenters. The number of amides is 2. The van der Waals surface area contributed by atoms with Crippen LogP contribution in [0.25, 0.3) is 0 Å². The van der Waals surface area contributed by atoms with Gasteiger partial charge in [-0.25, -0.2) is 0 Å². The van der Waals surface area contributed by atoms with Gasteiger partial charge in [-0.2, -0.15) is 0 Å². The summed E-state index contributed by atoms with van der Waals surface area (Å²) >= 11 is 0. The number of likely N-dealkylation sites (tertiary alicyclic amines) is 1. The lowest BCUT2D eigenvalue weighted by Crippen LogP contribution is -2.57. The van der Waals surface area contributed by atoms with Gasteiger partial charge in [0.1, 0.15) is 0 Å². The molecule has 0 bridgehead atoms. The molecule has 2 fully saturated rings. The maximum absolute atomic E-state index is 13.0. The Morgan fingerprint density at radius 1 is 1.31 bits per heavy atom. The van der Waals surface area contributed by atoms with Gasteiger partial charge in [0.05, 0.1) is 20.3 Å². The molecule has 142 valence electrons. The van der Waals surface area contributed by atoms with Crippen molar-refractivity contribution in [2.24, 2.45) is 0 Å². The number of carbonyl (C=O) groups is 2. The smallest absolute Gasteiger partial charge is 0.254 e. The van der Waals surface area contributed by atoms with Crippen molar-refractivity contribution in [3.63, 3.8) is 0 Å². The second kappa shape index (κ2) is 8.40. The average Bonchev–Trinajstić information content (AvgIpc) is 2.68. The molecule has 26 heavy (non-hydrogen) atoms. The first kappa shape index (κ1) is 18.5. The van der Waals surface area contributed by atoms with Gasteiger partial charge in [0.2, 0.25) is 5.91 Å². The zero-order chi connectivity index (χ0) is 18.5. The zero-order valence-corrected chi connectivity index (χ0v) is 15.5. The molecule has 2 amide bonds. The molecule has 0 aromatic heterocycles. The Morgan fingerprint density at radius 2 is 2.15 bits per heavy atom. The number of ether oxygens (including phenoxy) is 2. The van der Waals surface area contributed by atoms with Gasteiger partial charge in [0, 0.05) is 37.8 Å². The average molecular weight is 361 g/mol. The summed E-state index contributed by atoms with van der Waals surface area (Å²) in [4.78, 5) is 28.9. The van der Waals surface area contributed by atoms with Gasteiger partial charge >= 0.3 is 0 Å². The summed E-state index contributed by atoms with van der Waals surface area (Å²) in [5.74, 6) is 1.29. The predicted octanol–water partition coefficient (Wildman–Crippen LogP) is 1.13. The Bertz CT molecular complexity index is 664. The van der Waals surface area contributed by atoms with Gasteiger partial charge in [-0.05, 0) is 38.0 Å². The van der Waals surface area contributed by atoms with Crippen LogP contribution in [0.2, 0.25) is 0 Å². The molecule has 2 saturated heterocycles. The van der Waals surface area contributed by atoms with E-state index in [0.29, 0.717) is 49.8 Å². The number of methoxy groups -OCH3 is 1. The van der Waals surface area contributed by atoms with Crippen molar-refractivity contribution in [2.75, 3.05) is 46.4 Å². The van der Waals surface area contributed by atoms with Crippen LogP contribution in [0, 0.1) is 0 Å². The number of benzene rings is 1. The van der Waals surface area contributed by atoms with Crippen molar-refractivity contribution < 1.29 is 19.1 Å². The Hall–Kier alpha value is -2.28. The standard InChI is InChI=1S/C19H27N3O4/c1-3-26-16-7-6-14(11-17(16)25-2)19(24)21-9-4-5-15(13-21)22-10-8-20-12-18(22)23/h6-7,11,15,20H,3-5,8-10,12-13H2,1-2H3. The molecular formula is C19H27N3O4. The third-order valence-electron chi connectivity index (χ3n) is 4.96. The van der Waals surface area contributed by atoms with E-state index >= 15 is 0 Å². The maximum Gasteiger partial charge on any atom is 0.254 e. The van der Waals surface area contributed by atoms with Crippen molar-refractivity contribution >= 4 is 11.8 Å². The van der Waals surface area contributed by atoms with Crippen LogP contribution in [0.5, 0.6) is 11.5 Å². The van der Waals surface area contributed by atoms with E-state index in [4.69, 9.17) is 9.47 Å². The van der Waals surface area contributed by atoms with E-state index in [2.05, 4.69) is 5.32 Å². The monoisotopic (exact) mass is 361 g/mol. The molecule has 0 spiro atoms. The van der Waals surface area contributed by atoms with Crippen LogP contribution < -0.4 is 14.8 Å². The fraction of sp³-hybridized carbons (Fsp3) is 0.579. The van der Waals surface area contributed by atoms with Crippen LogP contribution in [0.3, 0.4) is 0 Å². The summed E-state index contributed by atoms with van der Waals surface area (Å²) in [5, 5.41) is 3.09. The molecule has 1 unspecified atom stereocenters. The first-order chi connectivity index (χ1) is 12.6. The molecule has 1 aromatic rings. The molecule has 1 N–H and O–H groups in total. The van der Waals surface area contributed by atoms with Crippen LogP contribution in [-0.4, -0.2) is 74.1 Å². The molecular weight excluding hydrogens is 334 g/mol. The minimum atomic E-state index is -0.0290. The topological polar surface area (TPSA) is 71.1 Å². The molecule has 2 aliphatic rings. The van der Waals surface area contributed by atoms with Gasteiger partial charge < -0.3 is 24.6 Å². The van der Waals surface area contributed by atoms with Crippen LogP contribution in [0.4, 0.5) is 0 Å². The quantitative estimate of drug-likeness (QED) is 0.851. The van der Waals surface area contributed by atoms with Crippen LogP contribution >= 0.6 is 0 Å². The fourth-order valence-corrected chi connectivity index (χ4v) is 3.66. The van der Waals surface area contributed by atoms with Crippen molar-refractivity contribution in [3.8, 4) is 11.5 Å². The zero-order valence-electron chi connectivity index (χ0n) is 15.5. The lowest BCUT2D eigenvalue weighted by atomic mass is 10.0. The molecule has 2 aliphatic heterocycles. The normalized spacial score (nSPS) is 20.8. The van der Waals surface area contributed by atoms with Gasteiger partial charge in [0.15, 0.2) is 11.5 Å². The van der Waals surface area contributed by atoms with Crippen LogP contribution in [-0.2, 0) is 4.79 Å². The predicted molar refractivity (Wildman–Crippen MR) is 97.7 cm³/mol. The summed E-state index contributed by atoms with van der Waals surface area (Å²) in [7, 11) is 1.57. The minimum Gasteiger partial charge on any atom is -0.493 e. The molecule has 2 heterocycles. The van der Waals surface area contributed by atoms with Crippen molar-refractivity contribution in [1.29, 1.82) is 0 Å². The van der Waals surface area contributed by atoms with E-state index in [-0.39, 0.29) is 17.9 Å². The summed E-state index contributed by atoms with van der Waals surface area (Å²) in [6.07, 6.45) is 1.85. The summed E-state index contributed by atoms with van der Waals surface area (Å²) in [6.45, 7) is 5.65. The summed E-state index contributed by atoms with van der Waals surface area (Å²) in [5.41, 5.74) is 0.581. The van der Waals surface area contributed by atoms with Gasteiger partial charge in [0.25, 0.3) is 5.91 Å². The van der Waals surface area contributed by atoms with Crippen molar-refractivity contribution in [1.82, 2.24) is 15.1 Å². The SMILES string of the molecule is CCOc1ccc(C(=O)N2CCCC(N3CCNCC3=O)C2)cc1OC. The Balaban J connectivity index is 1.71. The van der Waals surface area contributed by atoms with Crippen LogP contribution in [0.15, 0.2) is 18.2 Å². The number of nitrogens with zero attached hydrogens (tertiary/aromatic N) is 2. The van der Waals surface area contributed by atoms with E-state index in [1.807, 2.05) is 16.7 Å². The highest BCUT2D eigenvalue weighted by Gasteiger charge is 2.32. The van der Waals surface area contributed by atoms with Gasteiger partial charge in [-0.3, -0.25) is 9.59 Å². The highest BCUT2D eigenvalue weighted by Crippen LogP contribution is 2.29. The Morgan fingerprint density at radius 3 is 2.88 bits per heavy atom. The highest BCUT2D eigenvalue weighted by molar-refractivity contribution is 5.95. The first-order valence-corrected chi connectivity index (χ1v) is 9.24. The molecule has 3 rings (SSSR count).